The fraction of sp³-hybridized carbons (Fsp3) is 0.385. The Labute approximate surface area is 188 Å². The summed E-state index contributed by atoms with van der Waals surface area (Å²) in [6.45, 7) is 4.05. The molecule has 1 saturated heterocycles. The molecule has 2 fully saturated rings. The molecule has 6 heteroatoms. The van der Waals surface area contributed by atoms with Gasteiger partial charge < -0.3 is 15.5 Å². The smallest absolute Gasteiger partial charge is 0.238 e. The highest BCUT2D eigenvalue weighted by atomic mass is 19.1. The van der Waals surface area contributed by atoms with Crippen LogP contribution < -0.4 is 10.6 Å². The van der Waals surface area contributed by atoms with Gasteiger partial charge in [0, 0.05) is 32.3 Å². The molecule has 4 atom stereocenters. The number of rotatable bonds is 7. The van der Waals surface area contributed by atoms with Crippen LogP contribution in [0.3, 0.4) is 0 Å². The molecule has 32 heavy (non-hydrogen) atoms. The van der Waals surface area contributed by atoms with Gasteiger partial charge in [0.05, 0.1) is 12.1 Å². The molecule has 1 saturated carbocycles. The third-order valence-electron chi connectivity index (χ3n) is 6.68. The lowest BCUT2D eigenvalue weighted by Crippen LogP contribution is -2.50. The Bertz CT molecular complexity index is 1060. The molecule has 0 aromatic heterocycles. The lowest BCUT2D eigenvalue weighted by molar-refractivity contribution is -0.124. The lowest BCUT2D eigenvalue weighted by Gasteiger charge is -2.23. The van der Waals surface area contributed by atoms with E-state index < -0.39 is 6.04 Å². The van der Waals surface area contributed by atoms with E-state index in [0.29, 0.717) is 17.5 Å². The van der Waals surface area contributed by atoms with E-state index in [1.165, 1.54) is 6.07 Å². The van der Waals surface area contributed by atoms with Crippen molar-refractivity contribution in [3.05, 3.63) is 66.0 Å². The van der Waals surface area contributed by atoms with E-state index in [2.05, 4.69) is 23.3 Å². The minimum atomic E-state index is -0.764. The molecule has 166 valence electrons. The van der Waals surface area contributed by atoms with Gasteiger partial charge in [-0.05, 0) is 53.5 Å². The van der Waals surface area contributed by atoms with Gasteiger partial charge in [-0.2, -0.15) is 5.26 Å². The first-order chi connectivity index (χ1) is 15.4. The molecule has 2 aromatic carbocycles. The van der Waals surface area contributed by atoms with Crippen molar-refractivity contribution in [1.29, 1.82) is 5.26 Å². The number of carbonyl (C=O) groups excluding carboxylic acids is 1. The first kappa shape index (κ1) is 22.0. The maximum atomic E-state index is 14.9. The molecule has 2 N–H and O–H groups in total. The monoisotopic (exact) mass is 432 g/mol. The van der Waals surface area contributed by atoms with E-state index in [0.717, 1.165) is 41.6 Å². The number of halogens is 1. The second kappa shape index (κ2) is 9.13. The highest BCUT2D eigenvalue weighted by Gasteiger charge is 2.43. The summed E-state index contributed by atoms with van der Waals surface area (Å²) in [6.07, 6.45) is 3.32. The highest BCUT2D eigenvalue weighted by molar-refractivity contribution is 5.83. The van der Waals surface area contributed by atoms with E-state index in [9.17, 15) is 14.4 Å². The van der Waals surface area contributed by atoms with Gasteiger partial charge in [-0.15, -0.1) is 0 Å². The zero-order chi connectivity index (χ0) is 22.8. The summed E-state index contributed by atoms with van der Waals surface area (Å²) in [7, 11) is 3.88. The zero-order valence-corrected chi connectivity index (χ0v) is 18.6. The predicted octanol–water partition coefficient (Wildman–Crippen LogP) is 3.72. The minimum absolute atomic E-state index is 0.136. The van der Waals surface area contributed by atoms with Gasteiger partial charge in [0.2, 0.25) is 5.91 Å². The molecule has 1 heterocycles. The van der Waals surface area contributed by atoms with Crippen LogP contribution in [0, 0.1) is 23.1 Å². The quantitative estimate of drug-likeness (QED) is 0.700. The van der Waals surface area contributed by atoms with E-state index in [1.807, 2.05) is 49.3 Å². The lowest BCUT2D eigenvalue weighted by atomic mass is 9.97. The van der Waals surface area contributed by atoms with Gasteiger partial charge in [-0.3, -0.25) is 4.79 Å². The van der Waals surface area contributed by atoms with Crippen molar-refractivity contribution in [2.45, 2.75) is 43.8 Å². The van der Waals surface area contributed by atoms with Crippen molar-refractivity contribution >= 4 is 11.6 Å². The van der Waals surface area contributed by atoms with Crippen LogP contribution in [0.15, 0.2) is 49.0 Å². The molecule has 0 spiro atoms. The molecule has 1 amide bonds. The number of amides is 1. The first-order valence-electron chi connectivity index (χ1n) is 11.1. The number of nitrogens with one attached hydrogen (secondary N) is 2. The SMILES string of the molecule is C=C(c1ccc(-c2ccc(C[C@@H](C#N)NC(=O)[C@H]3N[C@@H]4CC[C@H]3C4)c(F)c2)cc1)N(C)C. The topological polar surface area (TPSA) is 68.2 Å². The van der Waals surface area contributed by atoms with Crippen LogP contribution in [-0.4, -0.2) is 43.0 Å². The molecule has 0 unspecified atom stereocenters. The standard InChI is InChI=1S/C26H29FN4O/c1-16(31(2)3)17-4-6-18(7-5-17)19-8-9-20(24(27)14-19)12-23(15-28)30-26(32)25-21-10-11-22(13-21)29-25/h4-9,14,21-23,25,29H,1,10-13H2,2-3H3,(H,30,32)/t21-,22+,23-,25-/m0/s1. The zero-order valence-electron chi connectivity index (χ0n) is 18.6. The van der Waals surface area contributed by atoms with Gasteiger partial charge in [0.15, 0.2) is 0 Å². The summed E-state index contributed by atoms with van der Waals surface area (Å²) in [4.78, 5) is 14.6. The van der Waals surface area contributed by atoms with E-state index >= 15 is 0 Å². The third kappa shape index (κ3) is 4.53. The largest absolute Gasteiger partial charge is 0.378 e. The van der Waals surface area contributed by atoms with E-state index in [-0.39, 0.29) is 24.2 Å². The molecule has 0 radical (unpaired) electrons. The number of hydrogen-bond acceptors (Lipinski definition) is 4. The third-order valence-corrected chi connectivity index (χ3v) is 6.68. The number of carbonyl (C=O) groups is 1. The van der Waals surface area contributed by atoms with Gasteiger partial charge in [-0.25, -0.2) is 4.39 Å². The Morgan fingerprint density at radius 1 is 1.25 bits per heavy atom. The summed E-state index contributed by atoms with van der Waals surface area (Å²) in [5.41, 5.74) is 3.99. The summed E-state index contributed by atoms with van der Waals surface area (Å²) in [5, 5.41) is 15.7. The normalized spacial score (nSPS) is 22.2. The number of nitriles is 1. The minimum Gasteiger partial charge on any atom is -0.378 e. The maximum absolute atomic E-state index is 14.9. The van der Waals surface area contributed by atoms with Gasteiger partial charge in [-0.1, -0.05) is 43.0 Å². The van der Waals surface area contributed by atoms with Crippen molar-refractivity contribution in [3.63, 3.8) is 0 Å². The van der Waals surface area contributed by atoms with Crippen molar-refractivity contribution in [2.24, 2.45) is 5.92 Å². The Balaban J connectivity index is 1.42. The Morgan fingerprint density at radius 3 is 2.53 bits per heavy atom. The van der Waals surface area contributed by atoms with Gasteiger partial charge >= 0.3 is 0 Å². The van der Waals surface area contributed by atoms with Crippen molar-refractivity contribution < 1.29 is 9.18 Å². The molecule has 1 aliphatic carbocycles. The van der Waals surface area contributed by atoms with E-state index in [1.54, 1.807) is 6.07 Å². The Kier molecular flexibility index (Phi) is 6.29. The Hall–Kier alpha value is -3.17. The summed E-state index contributed by atoms with van der Waals surface area (Å²) in [5.74, 6) is -0.186. The second-order valence-electron chi connectivity index (χ2n) is 9.03. The van der Waals surface area contributed by atoms with Crippen LogP contribution in [0.2, 0.25) is 0 Å². The molecule has 2 aliphatic rings. The fourth-order valence-corrected chi connectivity index (χ4v) is 4.77. The summed E-state index contributed by atoms with van der Waals surface area (Å²) < 4.78 is 14.9. The molecule has 2 aromatic rings. The molecule has 4 rings (SSSR count). The number of piperidine rings is 1. The predicted molar refractivity (Wildman–Crippen MR) is 124 cm³/mol. The number of hydrogen-bond donors (Lipinski definition) is 2. The number of nitrogens with zero attached hydrogens (tertiary/aromatic N) is 2. The fourth-order valence-electron chi connectivity index (χ4n) is 4.77. The molecular formula is C26H29FN4O. The molecule has 2 bridgehead atoms. The van der Waals surface area contributed by atoms with Crippen LogP contribution in [0.5, 0.6) is 0 Å². The van der Waals surface area contributed by atoms with Crippen molar-refractivity contribution in [3.8, 4) is 17.2 Å². The van der Waals surface area contributed by atoms with Crippen LogP contribution in [0.1, 0.15) is 30.4 Å². The van der Waals surface area contributed by atoms with Crippen molar-refractivity contribution in [2.75, 3.05) is 14.1 Å². The average molecular weight is 433 g/mol. The Morgan fingerprint density at radius 2 is 1.97 bits per heavy atom. The van der Waals surface area contributed by atoms with Gasteiger partial charge in [0.1, 0.15) is 11.9 Å². The van der Waals surface area contributed by atoms with Crippen LogP contribution in [-0.2, 0) is 11.2 Å². The van der Waals surface area contributed by atoms with Crippen molar-refractivity contribution in [1.82, 2.24) is 15.5 Å². The summed E-state index contributed by atoms with van der Waals surface area (Å²) in [6, 6.07) is 14.4. The number of fused-ring (bicyclic) bond motifs is 2. The number of benzene rings is 2. The van der Waals surface area contributed by atoms with Crippen LogP contribution >= 0.6 is 0 Å². The van der Waals surface area contributed by atoms with Crippen LogP contribution in [0.25, 0.3) is 16.8 Å². The second-order valence-corrected chi connectivity index (χ2v) is 9.03. The first-order valence-corrected chi connectivity index (χ1v) is 11.1. The maximum Gasteiger partial charge on any atom is 0.238 e. The van der Waals surface area contributed by atoms with Gasteiger partial charge in [0.25, 0.3) is 0 Å². The molecular weight excluding hydrogens is 403 g/mol. The molecule has 5 nitrogen and oxygen atoms in total. The van der Waals surface area contributed by atoms with Crippen LogP contribution in [0.4, 0.5) is 4.39 Å². The average Bonchev–Trinajstić information content (AvgIpc) is 3.43. The van der Waals surface area contributed by atoms with E-state index in [4.69, 9.17) is 0 Å². The molecule has 1 aliphatic heterocycles. The summed E-state index contributed by atoms with van der Waals surface area (Å²) >= 11 is 0. The highest BCUT2D eigenvalue weighted by Crippen LogP contribution is 2.35.